The number of hydrogen-bond donors (Lipinski definition) is 3. The lowest BCUT2D eigenvalue weighted by Gasteiger charge is -2.31. The van der Waals surface area contributed by atoms with Gasteiger partial charge in [-0.1, -0.05) is 23.7 Å². The van der Waals surface area contributed by atoms with E-state index < -0.39 is 35.8 Å². The van der Waals surface area contributed by atoms with Crippen LogP contribution in [0.1, 0.15) is 42.5 Å². The van der Waals surface area contributed by atoms with Crippen molar-refractivity contribution in [3.63, 3.8) is 0 Å². The molecule has 35 heavy (non-hydrogen) atoms. The Kier molecular flexibility index (Phi) is 5.52. The third-order valence-corrected chi connectivity index (χ3v) is 6.84. The smallest absolute Gasteiger partial charge is 0.361 e. The molecule has 2 aliphatic carbocycles. The molecule has 3 aliphatic rings. The Bertz CT molecular complexity index is 1230. The summed E-state index contributed by atoms with van der Waals surface area (Å²) in [4.78, 5) is 30.2. The maximum atomic E-state index is 13.5. The number of rotatable bonds is 6. The summed E-state index contributed by atoms with van der Waals surface area (Å²) in [6.45, 7) is 0. The number of amides is 2. The number of alkyl halides is 3. The lowest BCUT2D eigenvalue weighted by Crippen LogP contribution is -2.53. The first-order chi connectivity index (χ1) is 16.5. The molecule has 1 aliphatic heterocycles. The lowest BCUT2D eigenvalue weighted by atomic mass is 10.0. The molecule has 8 nitrogen and oxygen atoms in total. The molecular formula is C23H21ClF3N5O3. The summed E-state index contributed by atoms with van der Waals surface area (Å²) in [6, 6.07) is 8.89. The van der Waals surface area contributed by atoms with Crippen LogP contribution < -0.4 is 15.6 Å². The number of benzene rings is 1. The van der Waals surface area contributed by atoms with Crippen molar-refractivity contribution >= 4 is 40.6 Å². The fraction of sp³-hybridized carbons (Fsp3) is 0.391. The van der Waals surface area contributed by atoms with Crippen LogP contribution in [0.3, 0.4) is 0 Å². The van der Waals surface area contributed by atoms with Gasteiger partial charge in [0.05, 0.1) is 22.7 Å². The maximum Gasteiger partial charge on any atom is 0.431 e. The van der Waals surface area contributed by atoms with E-state index >= 15 is 0 Å². The van der Waals surface area contributed by atoms with Gasteiger partial charge >= 0.3 is 6.18 Å². The number of aliphatic hydroxyl groups is 1. The van der Waals surface area contributed by atoms with Crippen LogP contribution in [0.5, 0.6) is 0 Å². The summed E-state index contributed by atoms with van der Waals surface area (Å²) >= 11 is 6.07. The molecule has 184 valence electrons. The highest BCUT2D eigenvalue weighted by molar-refractivity contribution is 6.33. The molecule has 1 aromatic heterocycles. The zero-order valence-electron chi connectivity index (χ0n) is 18.3. The molecule has 5 rings (SSSR count). The predicted molar refractivity (Wildman–Crippen MR) is 122 cm³/mol. The summed E-state index contributed by atoms with van der Waals surface area (Å²) in [7, 11) is 0. The Morgan fingerprint density at radius 1 is 1.14 bits per heavy atom. The number of carbonyl (C=O) groups is 2. The van der Waals surface area contributed by atoms with Gasteiger partial charge < -0.3 is 15.7 Å². The number of aromatic nitrogens is 1. The number of halogens is 4. The van der Waals surface area contributed by atoms with Crippen molar-refractivity contribution in [2.75, 3.05) is 10.3 Å². The fourth-order valence-electron chi connectivity index (χ4n) is 4.35. The Hall–Kier alpha value is -3.18. The summed E-state index contributed by atoms with van der Waals surface area (Å²) in [6.07, 6.45) is -0.936. The standard InChI is InChI=1S/C23H21ClF3N5O3/c24-15-5-3-11-28-18(15)32-22(35,12-17(31-32)23(25,26)27)20(34)29-16-6-2-1-4-14(16)19(33)30-21(9-10-21)13-7-8-13/h1-6,11,13,35H,7-10,12H2,(H,29,34)(H,30,33). The van der Waals surface area contributed by atoms with Crippen molar-refractivity contribution in [1.82, 2.24) is 10.3 Å². The number of hydrazone groups is 1. The van der Waals surface area contributed by atoms with E-state index in [-0.39, 0.29) is 27.6 Å². The molecule has 1 atom stereocenters. The molecule has 0 radical (unpaired) electrons. The molecule has 2 fully saturated rings. The van der Waals surface area contributed by atoms with E-state index in [1.54, 1.807) is 12.1 Å². The van der Waals surface area contributed by atoms with Crippen LogP contribution in [-0.4, -0.2) is 45.1 Å². The maximum absolute atomic E-state index is 13.5. The van der Waals surface area contributed by atoms with Crippen molar-refractivity contribution < 1.29 is 27.9 Å². The monoisotopic (exact) mass is 507 g/mol. The Morgan fingerprint density at radius 3 is 2.49 bits per heavy atom. The van der Waals surface area contributed by atoms with Gasteiger partial charge in [-0.25, -0.2) is 9.99 Å². The molecule has 2 amide bonds. The second-order valence-corrected chi connectivity index (χ2v) is 9.45. The highest BCUT2D eigenvalue weighted by Gasteiger charge is 2.56. The number of para-hydroxylation sites is 1. The van der Waals surface area contributed by atoms with Gasteiger partial charge in [-0.2, -0.15) is 18.3 Å². The molecule has 2 aromatic rings. The van der Waals surface area contributed by atoms with E-state index in [0.29, 0.717) is 10.9 Å². The van der Waals surface area contributed by atoms with Crippen LogP contribution in [0.15, 0.2) is 47.7 Å². The van der Waals surface area contributed by atoms with E-state index in [1.807, 2.05) is 0 Å². The summed E-state index contributed by atoms with van der Waals surface area (Å²) in [5, 5.41) is 20.4. The lowest BCUT2D eigenvalue weighted by molar-refractivity contribution is -0.133. The van der Waals surface area contributed by atoms with Gasteiger partial charge in [0.15, 0.2) is 5.82 Å². The van der Waals surface area contributed by atoms with Crippen molar-refractivity contribution in [3.05, 3.63) is 53.2 Å². The highest BCUT2D eigenvalue weighted by Crippen LogP contribution is 2.53. The van der Waals surface area contributed by atoms with Crippen LogP contribution in [-0.2, 0) is 4.79 Å². The fourth-order valence-corrected chi connectivity index (χ4v) is 4.55. The summed E-state index contributed by atoms with van der Waals surface area (Å²) in [5.74, 6) is -1.49. The molecule has 0 bridgehead atoms. The molecule has 3 N–H and O–H groups in total. The molecule has 1 unspecified atom stereocenters. The van der Waals surface area contributed by atoms with E-state index in [2.05, 4.69) is 20.7 Å². The van der Waals surface area contributed by atoms with Crippen molar-refractivity contribution in [2.24, 2.45) is 11.0 Å². The Labute approximate surface area is 203 Å². The quantitative estimate of drug-likeness (QED) is 0.550. The zero-order valence-corrected chi connectivity index (χ0v) is 19.0. The molecule has 0 saturated heterocycles. The minimum atomic E-state index is -4.90. The molecule has 2 heterocycles. The largest absolute Gasteiger partial charge is 0.431 e. The van der Waals surface area contributed by atoms with Crippen LogP contribution in [0.2, 0.25) is 5.02 Å². The van der Waals surface area contributed by atoms with Crippen molar-refractivity contribution in [2.45, 2.75) is 49.5 Å². The second-order valence-electron chi connectivity index (χ2n) is 9.04. The van der Waals surface area contributed by atoms with Crippen molar-refractivity contribution in [1.29, 1.82) is 0 Å². The minimum Gasteiger partial charge on any atom is -0.361 e. The number of nitrogens with one attached hydrogen (secondary N) is 2. The first-order valence-electron chi connectivity index (χ1n) is 11.0. The van der Waals surface area contributed by atoms with Crippen LogP contribution >= 0.6 is 11.6 Å². The second kappa shape index (κ2) is 8.20. The highest BCUT2D eigenvalue weighted by atomic mass is 35.5. The third kappa shape index (κ3) is 4.34. The molecule has 12 heteroatoms. The number of nitrogens with zero attached hydrogens (tertiary/aromatic N) is 3. The average Bonchev–Trinajstić information content (AvgIpc) is 3.72. The normalized spacial score (nSPS) is 23.0. The van der Waals surface area contributed by atoms with Gasteiger partial charge in [0.1, 0.15) is 5.71 Å². The van der Waals surface area contributed by atoms with Crippen LogP contribution in [0.4, 0.5) is 24.7 Å². The number of anilines is 2. The van der Waals surface area contributed by atoms with Crippen molar-refractivity contribution in [3.8, 4) is 0 Å². The topological polar surface area (TPSA) is 107 Å². The van der Waals surface area contributed by atoms with Gasteiger partial charge in [0, 0.05) is 11.7 Å². The van der Waals surface area contributed by atoms with Gasteiger partial charge in [-0.05, 0) is 55.9 Å². The molecular weight excluding hydrogens is 487 g/mol. The number of hydrogen-bond acceptors (Lipinski definition) is 6. The minimum absolute atomic E-state index is 0.0440. The van der Waals surface area contributed by atoms with Crippen LogP contribution in [0, 0.1) is 5.92 Å². The summed E-state index contributed by atoms with van der Waals surface area (Å²) in [5.41, 5.74) is -4.21. The molecule has 0 spiro atoms. The van der Waals surface area contributed by atoms with Gasteiger partial charge in [-0.3, -0.25) is 9.59 Å². The molecule has 1 aromatic carbocycles. The molecule has 2 saturated carbocycles. The SMILES string of the molecule is O=C(NC1(C2CC2)CC1)c1ccccc1NC(=O)C1(O)CC(C(F)(F)F)=NN1c1ncccc1Cl. The van der Waals surface area contributed by atoms with E-state index in [0.717, 1.165) is 25.7 Å². The Balaban J connectivity index is 1.43. The Morgan fingerprint density at radius 2 is 1.86 bits per heavy atom. The zero-order chi connectivity index (χ0) is 25.0. The van der Waals surface area contributed by atoms with E-state index in [9.17, 15) is 27.9 Å². The average molecular weight is 508 g/mol. The number of carbonyl (C=O) groups excluding carboxylic acids is 2. The van der Waals surface area contributed by atoms with Gasteiger partial charge in [0.25, 0.3) is 11.8 Å². The van der Waals surface area contributed by atoms with Gasteiger partial charge in [-0.15, -0.1) is 0 Å². The van der Waals surface area contributed by atoms with Crippen LogP contribution in [0.25, 0.3) is 0 Å². The van der Waals surface area contributed by atoms with Gasteiger partial charge in [0.2, 0.25) is 5.72 Å². The first-order valence-corrected chi connectivity index (χ1v) is 11.4. The summed E-state index contributed by atoms with van der Waals surface area (Å²) < 4.78 is 40.4. The third-order valence-electron chi connectivity index (χ3n) is 6.55. The first kappa shape index (κ1) is 23.6. The number of pyridine rings is 1. The van der Waals surface area contributed by atoms with E-state index in [4.69, 9.17) is 11.6 Å². The van der Waals surface area contributed by atoms with E-state index in [1.165, 1.54) is 30.5 Å². The predicted octanol–water partition coefficient (Wildman–Crippen LogP) is 3.86.